The van der Waals surface area contributed by atoms with Gasteiger partial charge in [-0.3, -0.25) is 15.0 Å². The quantitative estimate of drug-likeness (QED) is 0.394. The highest BCUT2D eigenvalue weighted by Gasteiger charge is 2.39. The number of anilines is 2. The van der Waals surface area contributed by atoms with Gasteiger partial charge in [-0.25, -0.2) is 9.79 Å². The maximum atomic E-state index is 13.7. The molecule has 0 bridgehead atoms. The molecule has 1 N–H and O–H groups in total. The lowest BCUT2D eigenvalue weighted by Crippen LogP contribution is -2.29. The highest BCUT2D eigenvalue weighted by molar-refractivity contribution is 8.19. The summed E-state index contributed by atoms with van der Waals surface area (Å²) in [5.41, 5.74) is 3.29. The molecular weight excluding hydrogens is 492 g/mol. The number of carbonyl (C=O) groups is 2. The number of benzene rings is 3. The van der Waals surface area contributed by atoms with Crippen LogP contribution >= 0.6 is 23.5 Å². The number of para-hydroxylation sites is 1. The summed E-state index contributed by atoms with van der Waals surface area (Å²) in [7, 11) is 1.98. The summed E-state index contributed by atoms with van der Waals surface area (Å²) in [5.74, 6) is -0.0782. The summed E-state index contributed by atoms with van der Waals surface area (Å²) >= 11 is 2.97. The Morgan fingerprint density at radius 2 is 1.78 bits per heavy atom. The molecule has 3 aromatic carbocycles. The van der Waals surface area contributed by atoms with Gasteiger partial charge >= 0.3 is 6.09 Å². The number of nitrogens with zero attached hydrogens (tertiary/aromatic N) is 3. The standard InChI is InChI=1S/C27H24N4O3S2/c1-3-34-27(33)29-20-13-9-12-19(16-20)28-26-31(17-18-10-5-4-6-11-18)24(32)23(36-26)25-30(2)21-14-7-8-15-22(21)35-25/h4-16H,3,17H2,1-2H3,(H,29,33). The number of aliphatic imine (C=N–C) groups is 1. The highest BCUT2D eigenvalue weighted by atomic mass is 32.2. The van der Waals surface area contributed by atoms with E-state index in [1.54, 1.807) is 41.8 Å². The number of amides is 2. The zero-order chi connectivity index (χ0) is 25.1. The van der Waals surface area contributed by atoms with Crippen molar-refractivity contribution in [3.8, 4) is 0 Å². The fraction of sp³-hybridized carbons (Fsp3) is 0.148. The van der Waals surface area contributed by atoms with Crippen molar-refractivity contribution in [3.63, 3.8) is 0 Å². The van der Waals surface area contributed by atoms with Crippen molar-refractivity contribution in [3.05, 3.63) is 94.4 Å². The minimum Gasteiger partial charge on any atom is -0.450 e. The second-order valence-electron chi connectivity index (χ2n) is 8.03. The van der Waals surface area contributed by atoms with Gasteiger partial charge in [0.1, 0.15) is 4.91 Å². The number of thioether (sulfide) groups is 2. The van der Waals surface area contributed by atoms with Gasteiger partial charge in [-0.15, -0.1) is 0 Å². The van der Waals surface area contributed by atoms with E-state index in [2.05, 4.69) is 22.3 Å². The Morgan fingerprint density at radius 1 is 1.00 bits per heavy atom. The number of amidine groups is 1. The van der Waals surface area contributed by atoms with Crippen molar-refractivity contribution in [1.82, 2.24) is 4.90 Å². The van der Waals surface area contributed by atoms with E-state index in [1.807, 2.05) is 55.6 Å². The van der Waals surface area contributed by atoms with Crippen molar-refractivity contribution in [2.24, 2.45) is 4.99 Å². The van der Waals surface area contributed by atoms with E-state index in [1.165, 1.54) is 11.8 Å². The number of fused-ring (bicyclic) bond motifs is 1. The van der Waals surface area contributed by atoms with Crippen LogP contribution in [0.4, 0.5) is 21.9 Å². The van der Waals surface area contributed by atoms with Crippen molar-refractivity contribution < 1.29 is 14.3 Å². The largest absolute Gasteiger partial charge is 0.450 e. The third kappa shape index (κ3) is 4.98. The van der Waals surface area contributed by atoms with Crippen LogP contribution in [-0.4, -0.2) is 35.7 Å². The van der Waals surface area contributed by atoms with Gasteiger partial charge in [-0.1, -0.05) is 60.3 Å². The lowest BCUT2D eigenvalue weighted by Gasteiger charge is -2.17. The predicted octanol–water partition coefficient (Wildman–Crippen LogP) is 6.43. The molecule has 7 nitrogen and oxygen atoms in total. The second-order valence-corrected chi connectivity index (χ2v) is 10.0. The average molecular weight is 517 g/mol. The first-order chi connectivity index (χ1) is 17.5. The molecule has 0 unspecified atom stereocenters. The van der Waals surface area contributed by atoms with Crippen LogP contribution in [0.25, 0.3) is 0 Å². The van der Waals surface area contributed by atoms with Gasteiger partial charge in [-0.2, -0.15) is 0 Å². The second kappa shape index (κ2) is 10.5. The molecule has 0 atom stereocenters. The molecule has 2 heterocycles. The summed E-state index contributed by atoms with van der Waals surface area (Å²) < 4.78 is 4.97. The van der Waals surface area contributed by atoms with Crippen molar-refractivity contribution in [2.45, 2.75) is 18.4 Å². The maximum absolute atomic E-state index is 13.7. The van der Waals surface area contributed by atoms with E-state index in [4.69, 9.17) is 9.73 Å². The molecule has 182 valence electrons. The Bertz CT molecular complexity index is 1370. The smallest absolute Gasteiger partial charge is 0.411 e. The maximum Gasteiger partial charge on any atom is 0.411 e. The van der Waals surface area contributed by atoms with Gasteiger partial charge in [-0.05, 0) is 54.6 Å². The first-order valence-corrected chi connectivity index (χ1v) is 13.1. The highest BCUT2D eigenvalue weighted by Crippen LogP contribution is 2.50. The monoisotopic (exact) mass is 516 g/mol. The number of nitrogens with one attached hydrogen (secondary N) is 1. The van der Waals surface area contributed by atoms with Crippen LogP contribution in [-0.2, 0) is 16.1 Å². The van der Waals surface area contributed by atoms with E-state index >= 15 is 0 Å². The van der Waals surface area contributed by atoms with Gasteiger partial charge in [0.25, 0.3) is 5.91 Å². The van der Waals surface area contributed by atoms with Crippen LogP contribution < -0.4 is 10.2 Å². The Labute approximate surface area is 218 Å². The van der Waals surface area contributed by atoms with E-state index < -0.39 is 6.09 Å². The first kappa shape index (κ1) is 24.0. The van der Waals surface area contributed by atoms with E-state index in [0.29, 0.717) is 28.0 Å². The number of carbonyl (C=O) groups excluding carboxylic acids is 2. The minimum atomic E-state index is -0.522. The van der Waals surface area contributed by atoms with E-state index in [-0.39, 0.29) is 12.5 Å². The van der Waals surface area contributed by atoms with Crippen LogP contribution in [0.2, 0.25) is 0 Å². The number of ether oxygens (including phenoxy) is 1. The van der Waals surface area contributed by atoms with E-state index in [0.717, 1.165) is 21.2 Å². The molecule has 0 spiro atoms. The zero-order valence-electron chi connectivity index (χ0n) is 19.8. The third-order valence-corrected chi connectivity index (χ3v) is 8.00. The number of rotatable bonds is 5. The third-order valence-electron chi connectivity index (χ3n) is 5.57. The topological polar surface area (TPSA) is 74.2 Å². The number of hydrogen-bond donors (Lipinski definition) is 1. The van der Waals surface area contributed by atoms with Crippen molar-refractivity contribution in [2.75, 3.05) is 23.9 Å². The molecule has 9 heteroatoms. The molecule has 3 aromatic rings. The van der Waals surface area contributed by atoms with Crippen LogP contribution in [0.1, 0.15) is 12.5 Å². The van der Waals surface area contributed by atoms with Crippen LogP contribution in [0, 0.1) is 0 Å². The molecule has 0 saturated carbocycles. The summed E-state index contributed by atoms with van der Waals surface area (Å²) in [6, 6.07) is 25.2. The Balaban J connectivity index is 1.50. The predicted molar refractivity (Wildman–Crippen MR) is 146 cm³/mol. The lowest BCUT2D eigenvalue weighted by molar-refractivity contribution is -0.122. The molecule has 36 heavy (non-hydrogen) atoms. The van der Waals surface area contributed by atoms with Gasteiger partial charge < -0.3 is 9.64 Å². The van der Waals surface area contributed by atoms with Gasteiger partial charge in [0.05, 0.1) is 29.6 Å². The molecule has 0 radical (unpaired) electrons. The average Bonchev–Trinajstić information content (AvgIpc) is 3.37. The molecule has 1 saturated heterocycles. The van der Waals surface area contributed by atoms with Gasteiger partial charge in [0, 0.05) is 17.6 Å². The molecular formula is C27H24N4O3S2. The minimum absolute atomic E-state index is 0.0782. The number of hydrogen-bond acceptors (Lipinski definition) is 7. The van der Waals surface area contributed by atoms with Crippen LogP contribution in [0.5, 0.6) is 0 Å². The Hall–Kier alpha value is -3.69. The summed E-state index contributed by atoms with van der Waals surface area (Å²) in [6.07, 6.45) is -0.522. The zero-order valence-corrected chi connectivity index (χ0v) is 21.4. The molecule has 2 amide bonds. The summed E-state index contributed by atoms with van der Waals surface area (Å²) in [5, 5.41) is 4.18. The Morgan fingerprint density at radius 3 is 2.56 bits per heavy atom. The van der Waals surface area contributed by atoms with Crippen molar-refractivity contribution in [1.29, 1.82) is 0 Å². The summed E-state index contributed by atoms with van der Waals surface area (Å²) in [4.78, 5) is 35.9. The summed E-state index contributed by atoms with van der Waals surface area (Å²) in [6.45, 7) is 2.45. The Kier molecular flexibility index (Phi) is 7.02. The molecule has 5 rings (SSSR count). The van der Waals surface area contributed by atoms with Crippen LogP contribution in [0.15, 0.2) is 98.7 Å². The molecule has 2 aliphatic rings. The molecule has 0 aromatic heterocycles. The molecule has 1 fully saturated rings. The first-order valence-electron chi connectivity index (χ1n) is 11.4. The van der Waals surface area contributed by atoms with E-state index in [9.17, 15) is 9.59 Å². The molecule has 0 aliphatic carbocycles. The fourth-order valence-electron chi connectivity index (χ4n) is 3.87. The van der Waals surface area contributed by atoms with Crippen LogP contribution in [0.3, 0.4) is 0 Å². The van der Waals surface area contributed by atoms with Gasteiger partial charge in [0.2, 0.25) is 0 Å². The SMILES string of the molecule is CCOC(=O)Nc1cccc(N=C2SC(=C3Sc4ccccc4N3C)C(=O)N2Cc2ccccc2)c1. The normalized spacial score (nSPS) is 18.1. The lowest BCUT2D eigenvalue weighted by atomic mass is 10.2. The molecule has 2 aliphatic heterocycles. The fourth-order valence-corrected chi connectivity index (χ4v) is 6.22. The van der Waals surface area contributed by atoms with Crippen molar-refractivity contribution >= 4 is 57.8 Å². The van der Waals surface area contributed by atoms with Gasteiger partial charge in [0.15, 0.2) is 5.17 Å².